The number of aliphatic imine (C=N–C) groups is 1. The maximum Gasteiger partial charge on any atom is 0.191 e. The molecule has 2 rings (SSSR count). The van der Waals surface area contributed by atoms with Gasteiger partial charge in [-0.2, -0.15) is 0 Å². The molecule has 0 saturated heterocycles. The van der Waals surface area contributed by atoms with Crippen molar-refractivity contribution >= 4 is 39.8 Å². The van der Waals surface area contributed by atoms with Crippen LogP contribution in [0.1, 0.15) is 22.4 Å². The quantitative estimate of drug-likeness (QED) is 0.361. The highest BCUT2D eigenvalue weighted by Crippen LogP contribution is 2.16. The monoisotopic (exact) mass is 502 g/mol. The van der Waals surface area contributed by atoms with Crippen LogP contribution in [-0.4, -0.2) is 39.2 Å². The van der Waals surface area contributed by atoms with Gasteiger partial charge in [0.25, 0.3) is 0 Å². The van der Waals surface area contributed by atoms with E-state index in [0.29, 0.717) is 17.4 Å². The van der Waals surface area contributed by atoms with E-state index in [2.05, 4.69) is 26.7 Å². The summed E-state index contributed by atoms with van der Waals surface area (Å²) in [5, 5.41) is 6.51. The highest BCUT2D eigenvalue weighted by atomic mass is 127. The maximum atomic E-state index is 11.7. The molecule has 2 aromatic rings. The fourth-order valence-corrected chi connectivity index (χ4v) is 3.57. The lowest BCUT2D eigenvalue weighted by atomic mass is 10.1. The van der Waals surface area contributed by atoms with Crippen molar-refractivity contribution in [3.05, 3.63) is 58.9 Å². The number of halogens is 1. The van der Waals surface area contributed by atoms with Crippen LogP contribution in [0, 0.1) is 13.8 Å². The number of benzene rings is 1. The lowest BCUT2D eigenvalue weighted by Gasteiger charge is -2.13. The molecule has 0 atom stereocenters. The number of guanidine groups is 1. The van der Waals surface area contributed by atoms with Crippen molar-refractivity contribution in [3.63, 3.8) is 0 Å². The van der Waals surface area contributed by atoms with E-state index in [9.17, 15) is 8.42 Å². The summed E-state index contributed by atoms with van der Waals surface area (Å²) in [6.07, 6.45) is 3.97. The lowest BCUT2D eigenvalue weighted by Crippen LogP contribution is -2.37. The summed E-state index contributed by atoms with van der Waals surface area (Å²) in [5.74, 6) is 0.704. The molecule has 1 heterocycles. The Bertz CT molecular complexity index is 881. The largest absolute Gasteiger partial charge is 0.356 e. The molecule has 0 aliphatic heterocycles. The van der Waals surface area contributed by atoms with Crippen LogP contribution in [-0.2, 0) is 22.8 Å². The van der Waals surface area contributed by atoms with Gasteiger partial charge in [0.15, 0.2) is 15.8 Å². The molecule has 0 bridgehead atoms. The second-order valence-electron chi connectivity index (χ2n) is 6.28. The van der Waals surface area contributed by atoms with Crippen LogP contribution in [0.4, 0.5) is 0 Å². The number of nitrogens with zero attached hydrogens (tertiary/aromatic N) is 2. The fraction of sp³-hybridized carbons (Fsp3) is 0.368. The average molecular weight is 502 g/mol. The summed E-state index contributed by atoms with van der Waals surface area (Å²) in [5.41, 5.74) is 3.93. The Balaban J connectivity index is 0.00000364. The van der Waals surface area contributed by atoms with Gasteiger partial charge in [-0.15, -0.1) is 24.0 Å². The van der Waals surface area contributed by atoms with Crippen molar-refractivity contribution < 1.29 is 8.42 Å². The lowest BCUT2D eigenvalue weighted by molar-refractivity contribution is 0.601. The molecule has 0 saturated carbocycles. The molecular weight excluding hydrogens is 475 g/mol. The number of aromatic nitrogens is 1. The first kappa shape index (κ1) is 23.4. The van der Waals surface area contributed by atoms with E-state index in [1.165, 1.54) is 11.8 Å². The Hall–Kier alpha value is -1.68. The van der Waals surface area contributed by atoms with Gasteiger partial charge >= 0.3 is 0 Å². The molecule has 27 heavy (non-hydrogen) atoms. The molecular formula is C19H27IN4O2S. The zero-order valence-corrected chi connectivity index (χ0v) is 19.3. The van der Waals surface area contributed by atoms with E-state index in [0.717, 1.165) is 29.8 Å². The molecule has 148 valence electrons. The van der Waals surface area contributed by atoms with Crippen LogP contribution in [0.15, 0.2) is 46.4 Å². The second kappa shape index (κ2) is 10.6. The summed E-state index contributed by atoms with van der Waals surface area (Å²) in [6, 6.07) is 9.44. The third-order valence-electron chi connectivity index (χ3n) is 4.00. The molecule has 2 N–H and O–H groups in total. The topological polar surface area (TPSA) is 83.4 Å². The zero-order valence-electron chi connectivity index (χ0n) is 16.1. The zero-order chi connectivity index (χ0) is 19.2. The molecule has 0 aliphatic carbocycles. The van der Waals surface area contributed by atoms with Gasteiger partial charge in [-0.1, -0.05) is 18.2 Å². The molecule has 0 amide bonds. The molecule has 8 heteroatoms. The van der Waals surface area contributed by atoms with Crippen LogP contribution in [0.3, 0.4) is 0 Å². The van der Waals surface area contributed by atoms with Gasteiger partial charge in [-0.25, -0.2) is 8.42 Å². The average Bonchev–Trinajstić information content (AvgIpc) is 2.58. The van der Waals surface area contributed by atoms with Gasteiger partial charge in [0.2, 0.25) is 0 Å². The van der Waals surface area contributed by atoms with Crippen molar-refractivity contribution in [3.8, 4) is 0 Å². The number of nitrogens with one attached hydrogen (secondary N) is 2. The first-order valence-corrected chi connectivity index (χ1v) is 10.3. The molecule has 0 aliphatic rings. The summed E-state index contributed by atoms with van der Waals surface area (Å²) < 4.78 is 23.4. The van der Waals surface area contributed by atoms with E-state index in [1.807, 2.05) is 38.2 Å². The molecule has 6 nitrogen and oxygen atoms in total. The van der Waals surface area contributed by atoms with Crippen molar-refractivity contribution in [1.82, 2.24) is 15.6 Å². The minimum atomic E-state index is -3.19. The predicted molar refractivity (Wildman–Crippen MR) is 121 cm³/mol. The van der Waals surface area contributed by atoms with Gasteiger partial charge in [0.05, 0.1) is 4.90 Å². The minimum absolute atomic E-state index is 0. The SMILES string of the molecule is CN=C(NCCc1ccc(C)nc1)NCc1ccc(S(C)(=O)=O)c(C)c1.I. The highest BCUT2D eigenvalue weighted by Gasteiger charge is 2.10. The molecule has 1 aromatic heterocycles. The number of sulfone groups is 1. The van der Waals surface area contributed by atoms with Crippen LogP contribution >= 0.6 is 24.0 Å². The fourth-order valence-electron chi connectivity index (χ4n) is 2.62. The van der Waals surface area contributed by atoms with Gasteiger partial charge in [-0.05, 0) is 49.1 Å². The maximum absolute atomic E-state index is 11.7. The van der Waals surface area contributed by atoms with Crippen LogP contribution in [0.2, 0.25) is 0 Å². The minimum Gasteiger partial charge on any atom is -0.356 e. The summed E-state index contributed by atoms with van der Waals surface area (Å²) in [4.78, 5) is 8.87. The Morgan fingerprint density at radius 2 is 1.81 bits per heavy atom. The number of hydrogen-bond acceptors (Lipinski definition) is 4. The summed E-state index contributed by atoms with van der Waals surface area (Å²) in [6.45, 7) is 5.09. The second-order valence-corrected chi connectivity index (χ2v) is 8.27. The Morgan fingerprint density at radius 3 is 2.37 bits per heavy atom. The van der Waals surface area contributed by atoms with Crippen molar-refractivity contribution in [2.75, 3.05) is 19.8 Å². The molecule has 0 radical (unpaired) electrons. The van der Waals surface area contributed by atoms with E-state index in [4.69, 9.17) is 0 Å². The van der Waals surface area contributed by atoms with Gasteiger partial charge in [0, 0.05) is 38.3 Å². The van der Waals surface area contributed by atoms with Gasteiger partial charge in [-0.3, -0.25) is 9.98 Å². The van der Waals surface area contributed by atoms with Crippen molar-refractivity contribution in [2.45, 2.75) is 31.7 Å². The van der Waals surface area contributed by atoms with E-state index < -0.39 is 9.84 Å². The van der Waals surface area contributed by atoms with Gasteiger partial charge < -0.3 is 10.6 Å². The Labute approximate surface area is 178 Å². The van der Waals surface area contributed by atoms with Crippen LogP contribution in [0.5, 0.6) is 0 Å². The van der Waals surface area contributed by atoms with Gasteiger partial charge in [0.1, 0.15) is 0 Å². The number of rotatable bonds is 6. The summed E-state index contributed by atoms with van der Waals surface area (Å²) >= 11 is 0. The smallest absolute Gasteiger partial charge is 0.191 e. The third kappa shape index (κ3) is 7.45. The predicted octanol–water partition coefficient (Wildman–Crippen LogP) is 2.63. The van der Waals surface area contributed by atoms with Crippen molar-refractivity contribution in [2.24, 2.45) is 4.99 Å². The molecule has 0 fully saturated rings. The highest BCUT2D eigenvalue weighted by molar-refractivity contribution is 14.0. The Kier molecular flexibility index (Phi) is 9.17. The molecule has 1 aromatic carbocycles. The Morgan fingerprint density at radius 1 is 1.11 bits per heavy atom. The standard InChI is InChI=1S/C19H26N4O2S.HI/c1-14-11-17(7-8-18(14)26(4,24)25)13-23-19(20-3)21-10-9-16-6-5-15(2)22-12-16;/h5-8,11-12H,9-10,13H2,1-4H3,(H2,20,21,23);1H. The van der Waals surface area contributed by atoms with Crippen molar-refractivity contribution in [1.29, 1.82) is 0 Å². The molecule has 0 unspecified atom stereocenters. The molecule has 0 spiro atoms. The van der Waals surface area contributed by atoms with Crippen LogP contribution in [0.25, 0.3) is 0 Å². The van der Waals surface area contributed by atoms with E-state index in [1.54, 1.807) is 13.1 Å². The number of aryl methyl sites for hydroxylation is 2. The normalized spacial score (nSPS) is 11.6. The summed E-state index contributed by atoms with van der Waals surface area (Å²) in [7, 11) is -1.47. The van der Waals surface area contributed by atoms with E-state index >= 15 is 0 Å². The van der Waals surface area contributed by atoms with E-state index in [-0.39, 0.29) is 24.0 Å². The third-order valence-corrected chi connectivity index (χ3v) is 5.26. The van der Waals surface area contributed by atoms with Crippen LogP contribution < -0.4 is 10.6 Å². The number of hydrogen-bond donors (Lipinski definition) is 2. The first-order valence-electron chi connectivity index (χ1n) is 8.45. The first-order chi connectivity index (χ1) is 12.3. The number of pyridine rings is 1.